The molecule has 7 nitrogen and oxygen atoms in total. The molecule has 0 radical (unpaired) electrons. The predicted molar refractivity (Wildman–Crippen MR) is 93.5 cm³/mol. The van der Waals surface area contributed by atoms with E-state index in [2.05, 4.69) is 10.1 Å². The number of esters is 1. The fourth-order valence-electron chi connectivity index (χ4n) is 2.60. The Morgan fingerprint density at radius 1 is 1.21 bits per heavy atom. The lowest BCUT2D eigenvalue weighted by atomic mass is 10.1. The lowest BCUT2D eigenvalue weighted by Crippen LogP contribution is -2.38. The van der Waals surface area contributed by atoms with E-state index in [1.54, 1.807) is 24.3 Å². The van der Waals surface area contributed by atoms with Crippen LogP contribution < -0.4 is 19.5 Å². The third-order valence-electron chi connectivity index (χ3n) is 3.90. The second-order valence-electron chi connectivity index (χ2n) is 5.82. The molecule has 0 bridgehead atoms. The van der Waals surface area contributed by atoms with Crippen LogP contribution in [0.3, 0.4) is 0 Å². The molecule has 1 amide bonds. The molecule has 1 atom stereocenters. The Morgan fingerprint density at radius 3 is 2.75 bits per heavy atom. The summed E-state index contributed by atoms with van der Waals surface area (Å²) in [7, 11) is 1.31. The van der Waals surface area contributed by atoms with E-state index < -0.39 is 24.6 Å². The van der Waals surface area contributed by atoms with Gasteiger partial charge in [0.05, 0.1) is 19.2 Å². The Bertz CT molecular complexity index is 873. The summed E-state index contributed by atoms with van der Waals surface area (Å²) in [4.78, 5) is 24.1. The van der Waals surface area contributed by atoms with Crippen LogP contribution >= 0.6 is 0 Å². The summed E-state index contributed by atoms with van der Waals surface area (Å²) in [5, 5.41) is 2.66. The minimum absolute atomic E-state index is 0.0837. The van der Waals surface area contributed by atoms with Crippen molar-refractivity contribution < 1.29 is 37.3 Å². The van der Waals surface area contributed by atoms with Crippen LogP contribution in [-0.2, 0) is 20.9 Å². The zero-order valence-corrected chi connectivity index (χ0v) is 14.8. The number of amides is 1. The average Bonchev–Trinajstić information content (AvgIpc) is 2.67. The van der Waals surface area contributed by atoms with E-state index in [9.17, 15) is 18.4 Å². The molecule has 0 saturated carbocycles. The summed E-state index contributed by atoms with van der Waals surface area (Å²) < 4.78 is 44.7. The molecule has 148 valence electrons. The van der Waals surface area contributed by atoms with Crippen molar-refractivity contribution in [1.82, 2.24) is 0 Å². The van der Waals surface area contributed by atoms with Gasteiger partial charge in [0.1, 0.15) is 12.4 Å². The number of fused-ring (bicyclic) bond motifs is 1. The third kappa shape index (κ3) is 4.67. The Hall–Kier alpha value is -3.36. The van der Waals surface area contributed by atoms with Crippen molar-refractivity contribution in [2.45, 2.75) is 25.7 Å². The van der Waals surface area contributed by atoms with Crippen molar-refractivity contribution in [3.63, 3.8) is 0 Å². The molecular weight excluding hydrogens is 376 g/mol. The summed E-state index contributed by atoms with van der Waals surface area (Å²) in [6, 6.07) is 11.1. The zero-order valence-electron chi connectivity index (χ0n) is 14.8. The van der Waals surface area contributed by atoms with E-state index in [0.717, 1.165) is 0 Å². The number of anilines is 1. The summed E-state index contributed by atoms with van der Waals surface area (Å²) in [6.07, 6.45) is -1.28. The Labute approximate surface area is 159 Å². The minimum Gasteiger partial charge on any atom is -0.493 e. The number of nitrogens with one attached hydrogen (secondary N) is 1. The highest BCUT2D eigenvalue weighted by atomic mass is 19.3. The van der Waals surface area contributed by atoms with E-state index in [-0.39, 0.29) is 24.5 Å². The summed E-state index contributed by atoms with van der Waals surface area (Å²) in [6.45, 7) is -3.11. The van der Waals surface area contributed by atoms with Gasteiger partial charge in [-0.1, -0.05) is 18.2 Å². The maximum Gasteiger partial charge on any atom is 0.387 e. The Morgan fingerprint density at radius 2 is 2.00 bits per heavy atom. The average molecular weight is 393 g/mol. The molecule has 0 spiro atoms. The molecule has 3 rings (SSSR count). The molecule has 0 unspecified atom stereocenters. The fraction of sp³-hybridized carbons (Fsp3) is 0.263. The topological polar surface area (TPSA) is 83.1 Å². The molecule has 1 N–H and O–H groups in total. The van der Waals surface area contributed by atoms with E-state index in [4.69, 9.17) is 14.2 Å². The molecule has 0 saturated heterocycles. The lowest BCUT2D eigenvalue weighted by molar-refractivity contribution is -0.149. The first-order chi connectivity index (χ1) is 13.5. The van der Waals surface area contributed by atoms with Gasteiger partial charge >= 0.3 is 12.6 Å². The van der Waals surface area contributed by atoms with Gasteiger partial charge in [-0.3, -0.25) is 9.59 Å². The number of hydrogen-bond donors (Lipinski definition) is 1. The number of benzene rings is 2. The molecule has 0 fully saturated rings. The molecule has 0 aromatic heterocycles. The second-order valence-corrected chi connectivity index (χ2v) is 5.82. The highest BCUT2D eigenvalue weighted by Crippen LogP contribution is 2.31. The van der Waals surface area contributed by atoms with Gasteiger partial charge in [-0.2, -0.15) is 8.78 Å². The third-order valence-corrected chi connectivity index (χ3v) is 3.90. The van der Waals surface area contributed by atoms with Crippen molar-refractivity contribution >= 4 is 17.6 Å². The molecule has 0 aliphatic carbocycles. The van der Waals surface area contributed by atoms with Crippen LogP contribution in [0.2, 0.25) is 0 Å². The molecule has 1 aliphatic rings. The number of halogens is 2. The first kappa shape index (κ1) is 19.4. The number of alkyl halides is 2. The number of hydrogen-bond acceptors (Lipinski definition) is 6. The fourth-order valence-corrected chi connectivity index (χ4v) is 2.60. The van der Waals surface area contributed by atoms with Crippen LogP contribution in [0.25, 0.3) is 0 Å². The van der Waals surface area contributed by atoms with Gasteiger partial charge in [0, 0.05) is 0 Å². The summed E-state index contributed by atoms with van der Waals surface area (Å²) >= 11 is 0. The molecule has 1 heterocycles. The number of para-hydroxylation sites is 2. The van der Waals surface area contributed by atoms with Crippen LogP contribution in [-0.4, -0.2) is 31.7 Å². The number of ether oxygens (including phenoxy) is 4. The first-order valence-corrected chi connectivity index (χ1v) is 8.30. The van der Waals surface area contributed by atoms with E-state index in [1.165, 1.54) is 25.3 Å². The van der Waals surface area contributed by atoms with E-state index in [1.807, 2.05) is 0 Å². The molecule has 9 heteroatoms. The van der Waals surface area contributed by atoms with E-state index in [0.29, 0.717) is 17.0 Å². The van der Waals surface area contributed by atoms with Gasteiger partial charge in [0.2, 0.25) is 0 Å². The van der Waals surface area contributed by atoms with Gasteiger partial charge in [0.15, 0.2) is 17.6 Å². The highest BCUT2D eigenvalue weighted by molar-refractivity contribution is 5.99. The number of carbonyl (C=O) groups is 2. The van der Waals surface area contributed by atoms with Gasteiger partial charge in [-0.25, -0.2) is 0 Å². The lowest BCUT2D eigenvalue weighted by Gasteiger charge is -2.25. The van der Waals surface area contributed by atoms with Crippen LogP contribution in [0, 0.1) is 0 Å². The van der Waals surface area contributed by atoms with Crippen LogP contribution in [0.4, 0.5) is 14.5 Å². The first-order valence-electron chi connectivity index (χ1n) is 8.30. The largest absolute Gasteiger partial charge is 0.493 e. The molecular formula is C19H17F2NO6. The Kier molecular flexibility index (Phi) is 5.93. The second kappa shape index (κ2) is 8.55. The van der Waals surface area contributed by atoms with Crippen molar-refractivity contribution in [2.24, 2.45) is 0 Å². The quantitative estimate of drug-likeness (QED) is 0.728. The van der Waals surface area contributed by atoms with Crippen molar-refractivity contribution in [3.05, 3.63) is 48.0 Å². The monoisotopic (exact) mass is 393 g/mol. The predicted octanol–water partition coefficient (Wildman–Crippen LogP) is 3.13. The number of rotatable bonds is 7. The number of methoxy groups -OCH3 is 1. The van der Waals surface area contributed by atoms with Crippen molar-refractivity contribution in [1.29, 1.82) is 0 Å². The van der Waals surface area contributed by atoms with E-state index >= 15 is 0 Å². The SMILES string of the molecule is COc1cc(COC(=O)C[C@@H]2Oc3ccccc3NC2=O)ccc1OC(F)F. The van der Waals surface area contributed by atoms with Gasteiger partial charge in [-0.05, 0) is 29.8 Å². The molecule has 2 aromatic rings. The van der Waals surface area contributed by atoms with Crippen LogP contribution in [0.5, 0.6) is 17.2 Å². The Balaban J connectivity index is 1.56. The smallest absolute Gasteiger partial charge is 0.387 e. The summed E-state index contributed by atoms with van der Waals surface area (Å²) in [5.74, 6) is -0.657. The maximum absolute atomic E-state index is 12.3. The molecule has 2 aromatic carbocycles. The van der Waals surface area contributed by atoms with Gasteiger partial charge in [-0.15, -0.1) is 0 Å². The van der Waals surface area contributed by atoms with Crippen LogP contribution in [0.1, 0.15) is 12.0 Å². The molecule has 28 heavy (non-hydrogen) atoms. The normalized spacial score (nSPS) is 15.3. The van der Waals surface area contributed by atoms with Crippen LogP contribution in [0.15, 0.2) is 42.5 Å². The molecule has 1 aliphatic heterocycles. The van der Waals surface area contributed by atoms with Gasteiger partial charge in [0.25, 0.3) is 5.91 Å². The van der Waals surface area contributed by atoms with Crippen molar-refractivity contribution in [2.75, 3.05) is 12.4 Å². The highest BCUT2D eigenvalue weighted by Gasteiger charge is 2.30. The van der Waals surface area contributed by atoms with Crippen molar-refractivity contribution in [3.8, 4) is 17.2 Å². The van der Waals surface area contributed by atoms with Gasteiger partial charge < -0.3 is 24.3 Å². The minimum atomic E-state index is -2.98. The maximum atomic E-state index is 12.3. The zero-order chi connectivity index (χ0) is 20.1. The standard InChI is InChI=1S/C19H17F2NO6/c1-25-15-8-11(6-7-14(15)28-19(20)21)10-26-17(23)9-16-18(24)22-12-4-2-3-5-13(12)27-16/h2-8,16,19H,9-10H2,1H3,(H,22,24)/t16-/m0/s1. The number of carbonyl (C=O) groups excluding carboxylic acids is 2. The summed E-state index contributed by atoms with van der Waals surface area (Å²) in [5.41, 5.74) is 1.04.